The SMILES string of the molecule is CCOC(=O)C1C=C=Cn2c1cnc2C. The molecule has 2 heterocycles. The van der Waals surface area contributed by atoms with Gasteiger partial charge in [0.2, 0.25) is 0 Å². The highest BCUT2D eigenvalue weighted by Crippen LogP contribution is 2.23. The monoisotopic (exact) mass is 204 g/mol. The van der Waals surface area contributed by atoms with Gasteiger partial charge in [0.25, 0.3) is 0 Å². The van der Waals surface area contributed by atoms with Crippen molar-refractivity contribution in [2.45, 2.75) is 19.8 Å². The molecule has 0 radical (unpaired) electrons. The van der Waals surface area contributed by atoms with Gasteiger partial charge in [-0.25, -0.2) is 4.98 Å². The standard InChI is InChI=1S/C11H12N2O2/c1-3-15-11(14)9-5-4-6-13-8(2)12-7-10(9)13/h5-7,9H,3H2,1-2H3. The van der Waals surface area contributed by atoms with Crippen molar-refractivity contribution in [3.8, 4) is 0 Å². The summed E-state index contributed by atoms with van der Waals surface area (Å²) in [7, 11) is 0. The Hall–Kier alpha value is -1.80. The quantitative estimate of drug-likeness (QED) is 0.541. The van der Waals surface area contributed by atoms with Gasteiger partial charge >= 0.3 is 5.97 Å². The van der Waals surface area contributed by atoms with Gasteiger partial charge in [0, 0.05) is 0 Å². The van der Waals surface area contributed by atoms with Gasteiger partial charge in [-0.1, -0.05) is 0 Å². The van der Waals surface area contributed by atoms with Gasteiger partial charge in [-0.05, 0) is 19.9 Å². The molecule has 78 valence electrons. The van der Waals surface area contributed by atoms with Gasteiger partial charge in [-0.2, -0.15) is 0 Å². The summed E-state index contributed by atoms with van der Waals surface area (Å²) < 4.78 is 6.83. The van der Waals surface area contributed by atoms with Crippen LogP contribution in [0.2, 0.25) is 0 Å². The molecule has 0 bridgehead atoms. The molecule has 0 N–H and O–H groups in total. The molecule has 0 fully saturated rings. The maximum absolute atomic E-state index is 11.6. The van der Waals surface area contributed by atoms with Crippen molar-refractivity contribution in [1.82, 2.24) is 9.55 Å². The van der Waals surface area contributed by atoms with Gasteiger partial charge in [0.05, 0.1) is 24.7 Å². The van der Waals surface area contributed by atoms with Crippen LogP contribution in [0.15, 0.2) is 18.0 Å². The summed E-state index contributed by atoms with van der Waals surface area (Å²) in [5.74, 6) is 0.218. The Bertz CT molecular complexity index is 453. The van der Waals surface area contributed by atoms with Crippen molar-refractivity contribution in [3.63, 3.8) is 0 Å². The second kappa shape index (κ2) is 3.75. The number of hydrogen-bond acceptors (Lipinski definition) is 3. The molecular weight excluding hydrogens is 192 g/mol. The van der Waals surface area contributed by atoms with Crippen LogP contribution in [-0.2, 0) is 9.53 Å². The number of esters is 1. The molecule has 0 saturated carbocycles. The molecule has 0 spiro atoms. The number of rotatable bonds is 2. The van der Waals surface area contributed by atoms with Gasteiger partial charge in [-0.3, -0.25) is 9.36 Å². The van der Waals surface area contributed by atoms with E-state index in [-0.39, 0.29) is 11.9 Å². The summed E-state index contributed by atoms with van der Waals surface area (Å²) in [6.07, 6.45) is 5.17. The molecule has 1 aromatic rings. The molecule has 1 aromatic heterocycles. The molecule has 1 atom stereocenters. The Morgan fingerprint density at radius 1 is 1.73 bits per heavy atom. The van der Waals surface area contributed by atoms with Crippen molar-refractivity contribution >= 4 is 12.2 Å². The van der Waals surface area contributed by atoms with Gasteiger partial charge in [0.15, 0.2) is 0 Å². The Labute approximate surface area is 87.9 Å². The molecule has 0 aromatic carbocycles. The largest absolute Gasteiger partial charge is 0.465 e. The summed E-state index contributed by atoms with van der Waals surface area (Å²) in [5, 5.41) is 0. The number of fused-ring (bicyclic) bond motifs is 1. The lowest BCUT2D eigenvalue weighted by Gasteiger charge is -2.14. The number of carbonyl (C=O) groups is 1. The van der Waals surface area contributed by atoms with E-state index in [1.807, 2.05) is 11.5 Å². The number of hydrogen-bond donors (Lipinski definition) is 0. The first-order valence-electron chi connectivity index (χ1n) is 4.87. The molecule has 4 heteroatoms. The van der Waals surface area contributed by atoms with Crippen LogP contribution in [0.25, 0.3) is 6.20 Å². The highest BCUT2D eigenvalue weighted by atomic mass is 16.5. The lowest BCUT2D eigenvalue weighted by Crippen LogP contribution is -2.17. The summed E-state index contributed by atoms with van der Waals surface area (Å²) in [6, 6.07) is 0. The highest BCUT2D eigenvalue weighted by molar-refractivity contribution is 5.80. The normalized spacial score (nSPS) is 17.6. The third kappa shape index (κ3) is 1.60. The van der Waals surface area contributed by atoms with Crippen molar-refractivity contribution in [2.24, 2.45) is 0 Å². The van der Waals surface area contributed by atoms with E-state index in [0.717, 1.165) is 11.5 Å². The number of aromatic nitrogens is 2. The maximum atomic E-state index is 11.6. The zero-order chi connectivity index (χ0) is 10.8. The molecule has 1 aliphatic heterocycles. The van der Waals surface area contributed by atoms with Crippen LogP contribution in [0.3, 0.4) is 0 Å². The fourth-order valence-electron chi connectivity index (χ4n) is 1.59. The van der Waals surface area contributed by atoms with E-state index in [0.29, 0.717) is 6.61 Å². The van der Waals surface area contributed by atoms with Crippen LogP contribution < -0.4 is 0 Å². The molecule has 1 unspecified atom stereocenters. The summed E-state index contributed by atoms with van der Waals surface area (Å²) in [4.78, 5) is 15.8. The smallest absolute Gasteiger partial charge is 0.319 e. The van der Waals surface area contributed by atoms with Gasteiger partial charge in [-0.15, -0.1) is 5.73 Å². The number of ether oxygens (including phenoxy) is 1. The third-order valence-electron chi connectivity index (χ3n) is 2.34. The van der Waals surface area contributed by atoms with E-state index in [1.54, 1.807) is 25.4 Å². The van der Waals surface area contributed by atoms with Crippen LogP contribution in [-0.4, -0.2) is 22.1 Å². The zero-order valence-electron chi connectivity index (χ0n) is 8.73. The second-order valence-corrected chi connectivity index (χ2v) is 3.29. The first kappa shape index (κ1) is 9.74. The summed E-state index contributed by atoms with van der Waals surface area (Å²) >= 11 is 0. The number of imidazole rings is 1. The molecule has 2 rings (SSSR count). The van der Waals surface area contributed by atoms with E-state index in [4.69, 9.17) is 4.74 Å². The average Bonchev–Trinajstić information content (AvgIpc) is 2.61. The molecule has 0 amide bonds. The van der Waals surface area contributed by atoms with Crippen molar-refractivity contribution in [2.75, 3.05) is 6.61 Å². The number of nitrogens with zero attached hydrogens (tertiary/aromatic N) is 2. The van der Waals surface area contributed by atoms with Crippen LogP contribution in [0.5, 0.6) is 0 Å². The van der Waals surface area contributed by atoms with E-state index in [1.165, 1.54) is 0 Å². The molecule has 4 nitrogen and oxygen atoms in total. The van der Waals surface area contributed by atoms with Crippen LogP contribution in [0.1, 0.15) is 24.4 Å². The van der Waals surface area contributed by atoms with Crippen molar-refractivity contribution < 1.29 is 9.53 Å². The summed E-state index contributed by atoms with van der Waals surface area (Å²) in [6.45, 7) is 4.07. The Morgan fingerprint density at radius 2 is 2.53 bits per heavy atom. The highest BCUT2D eigenvalue weighted by Gasteiger charge is 2.24. The van der Waals surface area contributed by atoms with E-state index in [9.17, 15) is 4.79 Å². The topological polar surface area (TPSA) is 44.1 Å². The lowest BCUT2D eigenvalue weighted by molar-refractivity contribution is -0.143. The molecular formula is C11H12N2O2. The fourth-order valence-corrected chi connectivity index (χ4v) is 1.59. The van der Waals surface area contributed by atoms with Crippen molar-refractivity contribution in [1.29, 1.82) is 0 Å². The fraction of sp³-hybridized carbons (Fsp3) is 0.364. The minimum absolute atomic E-state index is 0.251. The van der Waals surface area contributed by atoms with Gasteiger partial charge in [0.1, 0.15) is 11.7 Å². The van der Waals surface area contributed by atoms with E-state index >= 15 is 0 Å². The minimum Gasteiger partial charge on any atom is -0.465 e. The molecule has 0 aliphatic carbocycles. The second-order valence-electron chi connectivity index (χ2n) is 3.29. The predicted molar refractivity (Wildman–Crippen MR) is 55.2 cm³/mol. The molecule has 15 heavy (non-hydrogen) atoms. The predicted octanol–water partition coefficient (Wildman–Crippen LogP) is 1.48. The third-order valence-corrected chi connectivity index (χ3v) is 2.34. The average molecular weight is 204 g/mol. The van der Waals surface area contributed by atoms with E-state index < -0.39 is 0 Å². The van der Waals surface area contributed by atoms with Crippen LogP contribution in [0.4, 0.5) is 0 Å². The van der Waals surface area contributed by atoms with E-state index in [2.05, 4.69) is 10.7 Å². The number of carbonyl (C=O) groups excluding carboxylic acids is 1. The first-order chi connectivity index (χ1) is 7.24. The first-order valence-corrected chi connectivity index (χ1v) is 4.87. The number of aryl methyl sites for hydroxylation is 1. The zero-order valence-corrected chi connectivity index (χ0v) is 8.73. The maximum Gasteiger partial charge on any atom is 0.319 e. The van der Waals surface area contributed by atoms with Crippen molar-refractivity contribution in [3.05, 3.63) is 29.5 Å². The Balaban J connectivity index is 2.37. The molecule has 0 saturated heterocycles. The Kier molecular flexibility index (Phi) is 2.44. The van der Waals surface area contributed by atoms with Crippen LogP contribution in [0, 0.1) is 6.92 Å². The van der Waals surface area contributed by atoms with Gasteiger partial charge < -0.3 is 4.74 Å². The Morgan fingerprint density at radius 3 is 3.27 bits per heavy atom. The molecule has 1 aliphatic rings. The minimum atomic E-state index is -0.379. The summed E-state index contributed by atoms with van der Waals surface area (Å²) in [5.41, 5.74) is 3.77. The lowest BCUT2D eigenvalue weighted by atomic mass is 10.1. The van der Waals surface area contributed by atoms with Crippen LogP contribution >= 0.6 is 0 Å².